The van der Waals surface area contributed by atoms with E-state index in [0.717, 1.165) is 16.5 Å². The first-order valence-corrected chi connectivity index (χ1v) is 8.65. The van der Waals surface area contributed by atoms with Crippen molar-refractivity contribution in [3.05, 3.63) is 78.1 Å². The van der Waals surface area contributed by atoms with Gasteiger partial charge in [-0.15, -0.1) is 16.8 Å². The number of nitrogens with zero attached hydrogens (tertiary/aromatic N) is 3. The lowest BCUT2D eigenvalue weighted by Gasteiger charge is -2.08. The summed E-state index contributed by atoms with van der Waals surface area (Å²) in [6.07, 6.45) is 1.81. The van der Waals surface area contributed by atoms with Gasteiger partial charge in [0.05, 0.1) is 0 Å². The molecule has 122 valence electrons. The number of benzene rings is 2. The van der Waals surface area contributed by atoms with Gasteiger partial charge in [-0.25, -0.2) is 4.39 Å². The Hall–Kier alpha value is -2.40. The number of allylic oxidation sites excluding steroid dienone is 1. The van der Waals surface area contributed by atoms with E-state index in [4.69, 9.17) is 0 Å². The Morgan fingerprint density at radius 3 is 2.58 bits per heavy atom. The van der Waals surface area contributed by atoms with Crippen LogP contribution in [0.15, 0.2) is 66.3 Å². The summed E-state index contributed by atoms with van der Waals surface area (Å²) in [5, 5.41) is 9.36. The predicted octanol–water partition coefficient (Wildman–Crippen LogP) is 4.87. The molecule has 0 aliphatic rings. The van der Waals surface area contributed by atoms with E-state index >= 15 is 0 Å². The van der Waals surface area contributed by atoms with Gasteiger partial charge in [0.2, 0.25) is 0 Å². The molecule has 3 aromatic rings. The SMILES string of the molecule is C=CCn1c(SCc2ccccc2F)nnc1-c1ccc(C)cc1. The number of thioether (sulfide) groups is 1. The maximum atomic E-state index is 13.8. The third kappa shape index (κ3) is 3.57. The third-order valence-corrected chi connectivity index (χ3v) is 4.67. The van der Waals surface area contributed by atoms with Crippen molar-refractivity contribution in [2.45, 2.75) is 24.4 Å². The first-order chi connectivity index (χ1) is 11.7. The monoisotopic (exact) mass is 339 g/mol. The van der Waals surface area contributed by atoms with Crippen molar-refractivity contribution in [3.63, 3.8) is 0 Å². The van der Waals surface area contributed by atoms with Gasteiger partial charge >= 0.3 is 0 Å². The second kappa shape index (κ2) is 7.45. The molecule has 0 bridgehead atoms. The Labute approximate surface area is 145 Å². The molecule has 0 radical (unpaired) electrons. The fraction of sp³-hybridized carbons (Fsp3) is 0.158. The minimum absolute atomic E-state index is 0.196. The van der Waals surface area contributed by atoms with E-state index in [9.17, 15) is 4.39 Å². The molecule has 0 saturated heterocycles. The Morgan fingerprint density at radius 1 is 1.12 bits per heavy atom. The van der Waals surface area contributed by atoms with E-state index in [1.807, 2.05) is 35.8 Å². The lowest BCUT2D eigenvalue weighted by molar-refractivity contribution is 0.617. The summed E-state index contributed by atoms with van der Waals surface area (Å²) in [6.45, 7) is 6.47. The van der Waals surface area contributed by atoms with Gasteiger partial charge in [-0.2, -0.15) is 0 Å². The van der Waals surface area contributed by atoms with E-state index < -0.39 is 0 Å². The molecule has 0 N–H and O–H groups in total. The fourth-order valence-electron chi connectivity index (χ4n) is 2.36. The molecule has 3 nitrogen and oxygen atoms in total. The van der Waals surface area contributed by atoms with Crippen LogP contribution in [0.3, 0.4) is 0 Å². The summed E-state index contributed by atoms with van der Waals surface area (Å²) in [7, 11) is 0. The van der Waals surface area contributed by atoms with Crippen LogP contribution in [0.4, 0.5) is 4.39 Å². The van der Waals surface area contributed by atoms with Gasteiger partial charge in [0.15, 0.2) is 11.0 Å². The smallest absolute Gasteiger partial charge is 0.192 e. The summed E-state index contributed by atoms with van der Waals surface area (Å²) in [5.74, 6) is 1.11. The second-order valence-corrected chi connectivity index (χ2v) is 6.39. The Kier molecular flexibility index (Phi) is 5.11. The summed E-state index contributed by atoms with van der Waals surface area (Å²) in [6, 6.07) is 15.0. The summed E-state index contributed by atoms with van der Waals surface area (Å²) < 4.78 is 15.8. The fourth-order valence-corrected chi connectivity index (χ4v) is 3.30. The van der Waals surface area contributed by atoms with Gasteiger partial charge in [0, 0.05) is 17.9 Å². The molecule has 0 atom stereocenters. The molecule has 5 heteroatoms. The van der Waals surface area contributed by atoms with Crippen LogP contribution in [0.1, 0.15) is 11.1 Å². The third-order valence-electron chi connectivity index (χ3n) is 3.65. The molecule has 0 amide bonds. The molecule has 1 heterocycles. The molecule has 3 rings (SSSR count). The first-order valence-electron chi connectivity index (χ1n) is 7.66. The zero-order chi connectivity index (χ0) is 16.9. The van der Waals surface area contributed by atoms with Gasteiger partial charge in [-0.3, -0.25) is 4.57 Å². The van der Waals surface area contributed by atoms with Crippen molar-refractivity contribution in [1.82, 2.24) is 14.8 Å². The maximum absolute atomic E-state index is 13.8. The van der Waals surface area contributed by atoms with Crippen LogP contribution in [-0.4, -0.2) is 14.8 Å². The highest BCUT2D eigenvalue weighted by molar-refractivity contribution is 7.98. The Bertz CT molecular complexity index is 840. The molecule has 2 aromatic carbocycles. The highest BCUT2D eigenvalue weighted by Gasteiger charge is 2.14. The number of aromatic nitrogens is 3. The van der Waals surface area contributed by atoms with Crippen molar-refractivity contribution in [3.8, 4) is 11.4 Å². The molecule has 1 aromatic heterocycles. The molecule has 0 aliphatic carbocycles. The number of hydrogen-bond donors (Lipinski definition) is 0. The van der Waals surface area contributed by atoms with Crippen LogP contribution >= 0.6 is 11.8 Å². The van der Waals surface area contributed by atoms with Crippen LogP contribution in [0, 0.1) is 12.7 Å². The highest BCUT2D eigenvalue weighted by atomic mass is 32.2. The Balaban J connectivity index is 1.87. The highest BCUT2D eigenvalue weighted by Crippen LogP contribution is 2.27. The summed E-state index contributed by atoms with van der Waals surface area (Å²) in [4.78, 5) is 0. The predicted molar refractivity (Wildman–Crippen MR) is 96.4 cm³/mol. The molecule has 24 heavy (non-hydrogen) atoms. The summed E-state index contributed by atoms with van der Waals surface area (Å²) >= 11 is 1.47. The molecule has 0 unspecified atom stereocenters. The lowest BCUT2D eigenvalue weighted by atomic mass is 10.1. The quantitative estimate of drug-likeness (QED) is 0.474. The van der Waals surface area contributed by atoms with Gasteiger partial charge in [0.1, 0.15) is 5.82 Å². The van der Waals surface area contributed by atoms with Crippen LogP contribution in [-0.2, 0) is 12.3 Å². The summed E-state index contributed by atoms with van der Waals surface area (Å²) in [5.41, 5.74) is 2.86. The topological polar surface area (TPSA) is 30.7 Å². The standard InChI is InChI=1S/C19H18FN3S/c1-3-12-23-18(15-10-8-14(2)9-11-15)21-22-19(23)24-13-16-6-4-5-7-17(16)20/h3-11H,1,12-13H2,2H3. The molecule has 0 fully saturated rings. The van der Waals surface area contributed by atoms with Gasteiger partial charge in [-0.1, -0.05) is 65.9 Å². The van der Waals surface area contributed by atoms with Gasteiger partial charge in [-0.05, 0) is 18.6 Å². The minimum Gasteiger partial charge on any atom is -0.298 e. The first kappa shape index (κ1) is 16.5. The van der Waals surface area contributed by atoms with Gasteiger partial charge in [0.25, 0.3) is 0 Å². The van der Waals surface area contributed by atoms with Crippen LogP contribution in [0.25, 0.3) is 11.4 Å². The van der Waals surface area contributed by atoms with E-state index in [2.05, 4.69) is 28.9 Å². The molecule has 0 saturated carbocycles. The van der Waals surface area contributed by atoms with E-state index in [0.29, 0.717) is 17.9 Å². The number of halogens is 1. The number of hydrogen-bond acceptors (Lipinski definition) is 3. The van der Waals surface area contributed by atoms with E-state index in [-0.39, 0.29) is 5.82 Å². The number of rotatable bonds is 6. The molecule has 0 spiro atoms. The van der Waals surface area contributed by atoms with Crippen molar-refractivity contribution in [1.29, 1.82) is 0 Å². The zero-order valence-corrected chi connectivity index (χ0v) is 14.3. The van der Waals surface area contributed by atoms with E-state index in [1.54, 1.807) is 12.1 Å². The Morgan fingerprint density at radius 2 is 1.88 bits per heavy atom. The van der Waals surface area contributed by atoms with Crippen molar-refractivity contribution in [2.24, 2.45) is 0 Å². The van der Waals surface area contributed by atoms with Crippen molar-refractivity contribution in [2.75, 3.05) is 0 Å². The maximum Gasteiger partial charge on any atom is 0.192 e. The lowest BCUT2D eigenvalue weighted by Crippen LogP contribution is -2.01. The van der Waals surface area contributed by atoms with Crippen LogP contribution in [0.5, 0.6) is 0 Å². The minimum atomic E-state index is -0.196. The van der Waals surface area contributed by atoms with Crippen LogP contribution < -0.4 is 0 Å². The van der Waals surface area contributed by atoms with Crippen LogP contribution in [0.2, 0.25) is 0 Å². The number of aryl methyl sites for hydroxylation is 1. The normalized spacial score (nSPS) is 10.8. The van der Waals surface area contributed by atoms with Gasteiger partial charge < -0.3 is 0 Å². The molecular formula is C19H18FN3S. The average Bonchev–Trinajstić information content (AvgIpc) is 2.98. The van der Waals surface area contributed by atoms with Crippen molar-refractivity contribution >= 4 is 11.8 Å². The van der Waals surface area contributed by atoms with E-state index in [1.165, 1.54) is 23.4 Å². The molecular weight excluding hydrogens is 321 g/mol. The molecule has 0 aliphatic heterocycles. The average molecular weight is 339 g/mol. The second-order valence-electron chi connectivity index (χ2n) is 5.45. The van der Waals surface area contributed by atoms with Crippen molar-refractivity contribution < 1.29 is 4.39 Å². The zero-order valence-electron chi connectivity index (χ0n) is 13.4. The largest absolute Gasteiger partial charge is 0.298 e.